The summed E-state index contributed by atoms with van der Waals surface area (Å²) in [6.45, 7) is 5.15. The molecule has 1 amide bonds. The van der Waals surface area contributed by atoms with E-state index in [1.54, 1.807) is 21.7 Å². The first kappa shape index (κ1) is 16.0. The van der Waals surface area contributed by atoms with E-state index in [2.05, 4.69) is 10.1 Å². The SMILES string of the molecule is Cc1cc(C)n(-c2ccc(Cl)c(C(=O)N3CCC(N)CC3)n2)n1. The van der Waals surface area contributed by atoms with Crippen molar-refractivity contribution in [1.82, 2.24) is 19.7 Å². The van der Waals surface area contributed by atoms with Gasteiger partial charge < -0.3 is 10.6 Å². The molecule has 0 aromatic carbocycles. The van der Waals surface area contributed by atoms with E-state index in [0.717, 1.165) is 24.2 Å². The van der Waals surface area contributed by atoms with Crippen molar-refractivity contribution in [2.75, 3.05) is 13.1 Å². The Morgan fingerprint density at radius 1 is 1.30 bits per heavy atom. The number of aromatic nitrogens is 3. The Bertz CT molecular complexity index is 734. The van der Waals surface area contributed by atoms with Gasteiger partial charge in [-0.05, 0) is 44.9 Å². The van der Waals surface area contributed by atoms with Crippen molar-refractivity contribution in [3.8, 4) is 5.82 Å². The van der Waals surface area contributed by atoms with Crippen molar-refractivity contribution >= 4 is 17.5 Å². The van der Waals surface area contributed by atoms with Gasteiger partial charge in [-0.3, -0.25) is 4.79 Å². The molecule has 0 atom stereocenters. The quantitative estimate of drug-likeness (QED) is 0.913. The number of likely N-dealkylation sites (tertiary alicyclic amines) is 1. The molecular weight excluding hydrogens is 314 g/mol. The van der Waals surface area contributed by atoms with E-state index in [9.17, 15) is 4.79 Å². The van der Waals surface area contributed by atoms with Gasteiger partial charge >= 0.3 is 0 Å². The molecule has 6 nitrogen and oxygen atoms in total. The molecule has 0 saturated carbocycles. The van der Waals surface area contributed by atoms with Gasteiger partial charge in [0.2, 0.25) is 0 Å². The third kappa shape index (κ3) is 3.23. The molecule has 0 unspecified atom stereocenters. The number of pyridine rings is 1. The fourth-order valence-electron chi connectivity index (χ4n) is 2.81. The van der Waals surface area contributed by atoms with Crippen molar-refractivity contribution in [3.63, 3.8) is 0 Å². The summed E-state index contributed by atoms with van der Waals surface area (Å²) in [4.78, 5) is 18.9. The van der Waals surface area contributed by atoms with Crippen LogP contribution in [-0.4, -0.2) is 44.7 Å². The highest BCUT2D eigenvalue weighted by Crippen LogP contribution is 2.21. The number of nitrogens with zero attached hydrogens (tertiary/aromatic N) is 4. The van der Waals surface area contributed by atoms with Crippen molar-refractivity contribution in [3.05, 3.63) is 40.3 Å². The molecule has 23 heavy (non-hydrogen) atoms. The third-order valence-corrected chi connectivity index (χ3v) is 4.39. The fourth-order valence-corrected chi connectivity index (χ4v) is 3.00. The zero-order valence-corrected chi connectivity index (χ0v) is 14.0. The average molecular weight is 334 g/mol. The molecule has 7 heteroatoms. The molecule has 0 bridgehead atoms. The maximum atomic E-state index is 12.7. The molecule has 3 rings (SSSR count). The van der Waals surface area contributed by atoms with Gasteiger partial charge in [-0.1, -0.05) is 11.6 Å². The van der Waals surface area contributed by atoms with E-state index in [0.29, 0.717) is 23.9 Å². The summed E-state index contributed by atoms with van der Waals surface area (Å²) in [5.74, 6) is 0.447. The molecule has 2 N–H and O–H groups in total. The summed E-state index contributed by atoms with van der Waals surface area (Å²) in [6.07, 6.45) is 1.61. The van der Waals surface area contributed by atoms with Crippen LogP contribution < -0.4 is 5.73 Å². The zero-order valence-electron chi connectivity index (χ0n) is 13.3. The van der Waals surface area contributed by atoms with Crippen LogP contribution in [0.5, 0.6) is 0 Å². The molecule has 122 valence electrons. The first-order chi connectivity index (χ1) is 11.0. The lowest BCUT2D eigenvalue weighted by molar-refractivity contribution is 0.0709. The summed E-state index contributed by atoms with van der Waals surface area (Å²) >= 11 is 6.21. The Morgan fingerprint density at radius 2 is 2.00 bits per heavy atom. The van der Waals surface area contributed by atoms with Crippen LogP contribution in [0, 0.1) is 13.8 Å². The number of carbonyl (C=O) groups is 1. The first-order valence-corrected chi connectivity index (χ1v) is 8.08. The lowest BCUT2D eigenvalue weighted by Gasteiger charge is -2.30. The monoisotopic (exact) mass is 333 g/mol. The molecule has 2 aromatic rings. The smallest absolute Gasteiger partial charge is 0.274 e. The molecule has 3 heterocycles. The first-order valence-electron chi connectivity index (χ1n) is 7.71. The maximum Gasteiger partial charge on any atom is 0.274 e. The largest absolute Gasteiger partial charge is 0.337 e. The second-order valence-corrected chi connectivity index (χ2v) is 6.38. The van der Waals surface area contributed by atoms with Gasteiger partial charge in [0.15, 0.2) is 5.82 Å². The topological polar surface area (TPSA) is 77.0 Å². The molecule has 2 aromatic heterocycles. The average Bonchev–Trinajstić information content (AvgIpc) is 2.86. The van der Waals surface area contributed by atoms with Crippen LogP contribution >= 0.6 is 11.6 Å². The van der Waals surface area contributed by atoms with Gasteiger partial charge in [0.1, 0.15) is 5.69 Å². The molecule has 1 aliphatic heterocycles. The second kappa shape index (κ2) is 6.29. The molecule has 0 radical (unpaired) electrons. The zero-order chi connectivity index (χ0) is 16.6. The molecular formula is C16H20ClN5O. The van der Waals surface area contributed by atoms with Gasteiger partial charge in [0, 0.05) is 24.8 Å². The van der Waals surface area contributed by atoms with Gasteiger partial charge in [0.25, 0.3) is 5.91 Å². The number of halogens is 1. The van der Waals surface area contributed by atoms with E-state index < -0.39 is 0 Å². The number of aryl methyl sites for hydroxylation is 2. The lowest BCUT2D eigenvalue weighted by atomic mass is 10.1. The van der Waals surface area contributed by atoms with Crippen molar-refractivity contribution < 1.29 is 4.79 Å². The molecule has 0 spiro atoms. The predicted molar refractivity (Wildman–Crippen MR) is 89.0 cm³/mol. The third-order valence-electron chi connectivity index (χ3n) is 4.09. The highest BCUT2D eigenvalue weighted by Gasteiger charge is 2.25. The summed E-state index contributed by atoms with van der Waals surface area (Å²) in [5, 5.41) is 4.76. The molecule has 1 saturated heterocycles. The maximum absolute atomic E-state index is 12.7. The predicted octanol–water partition coefficient (Wildman–Crippen LogP) is 2.10. The highest BCUT2D eigenvalue weighted by molar-refractivity contribution is 6.33. The fraction of sp³-hybridized carbons (Fsp3) is 0.438. The summed E-state index contributed by atoms with van der Waals surface area (Å²) < 4.78 is 1.72. The van der Waals surface area contributed by atoms with E-state index in [-0.39, 0.29) is 17.6 Å². The Kier molecular flexibility index (Phi) is 4.37. The Hall–Kier alpha value is -1.92. The van der Waals surface area contributed by atoms with Crippen LogP contribution in [0.15, 0.2) is 18.2 Å². The number of amides is 1. The summed E-state index contributed by atoms with van der Waals surface area (Å²) in [6, 6.07) is 5.60. The minimum absolute atomic E-state index is 0.148. The molecule has 1 fully saturated rings. The van der Waals surface area contributed by atoms with Crippen LogP contribution in [-0.2, 0) is 0 Å². The second-order valence-electron chi connectivity index (χ2n) is 5.97. The number of piperidine rings is 1. The molecule has 0 aliphatic carbocycles. The van der Waals surface area contributed by atoms with Gasteiger partial charge in [0.05, 0.1) is 10.7 Å². The standard InChI is InChI=1S/C16H20ClN5O/c1-10-9-11(2)22(20-10)14-4-3-13(17)15(19-14)16(23)21-7-5-12(18)6-8-21/h3-4,9,12H,5-8,18H2,1-2H3. The Morgan fingerprint density at radius 3 is 2.61 bits per heavy atom. The summed E-state index contributed by atoms with van der Waals surface area (Å²) in [5.41, 5.74) is 8.02. The van der Waals surface area contributed by atoms with E-state index in [1.165, 1.54) is 0 Å². The highest BCUT2D eigenvalue weighted by atomic mass is 35.5. The van der Waals surface area contributed by atoms with E-state index >= 15 is 0 Å². The normalized spacial score (nSPS) is 15.9. The lowest BCUT2D eigenvalue weighted by Crippen LogP contribution is -2.43. The number of rotatable bonds is 2. The molecule has 1 aliphatic rings. The number of carbonyl (C=O) groups excluding carboxylic acids is 1. The van der Waals surface area contributed by atoms with Crippen LogP contribution in [0.2, 0.25) is 5.02 Å². The van der Waals surface area contributed by atoms with E-state index in [1.807, 2.05) is 19.9 Å². The van der Waals surface area contributed by atoms with Crippen LogP contribution in [0.3, 0.4) is 0 Å². The summed E-state index contributed by atoms with van der Waals surface area (Å²) in [7, 11) is 0. The van der Waals surface area contributed by atoms with Crippen LogP contribution in [0.4, 0.5) is 0 Å². The number of hydrogen-bond donors (Lipinski definition) is 1. The Labute approximate surface area is 140 Å². The van der Waals surface area contributed by atoms with Crippen LogP contribution in [0.25, 0.3) is 5.82 Å². The van der Waals surface area contributed by atoms with Crippen molar-refractivity contribution in [2.45, 2.75) is 32.7 Å². The Balaban J connectivity index is 1.92. The van der Waals surface area contributed by atoms with Gasteiger partial charge in [-0.25, -0.2) is 9.67 Å². The van der Waals surface area contributed by atoms with Crippen molar-refractivity contribution in [1.29, 1.82) is 0 Å². The minimum Gasteiger partial charge on any atom is -0.337 e. The van der Waals surface area contributed by atoms with Gasteiger partial charge in [-0.15, -0.1) is 0 Å². The van der Waals surface area contributed by atoms with Gasteiger partial charge in [-0.2, -0.15) is 5.10 Å². The van der Waals surface area contributed by atoms with Crippen molar-refractivity contribution in [2.24, 2.45) is 5.73 Å². The number of nitrogens with two attached hydrogens (primary N) is 1. The number of hydrogen-bond acceptors (Lipinski definition) is 4. The minimum atomic E-state index is -0.148. The van der Waals surface area contributed by atoms with Crippen LogP contribution in [0.1, 0.15) is 34.7 Å². The van der Waals surface area contributed by atoms with E-state index in [4.69, 9.17) is 17.3 Å².